The van der Waals surface area contributed by atoms with E-state index in [0.717, 1.165) is 4.90 Å². The fourth-order valence-corrected chi connectivity index (χ4v) is 1.64. The van der Waals surface area contributed by atoms with Crippen LogP contribution in [-0.2, 0) is 4.79 Å². The highest BCUT2D eigenvalue weighted by atomic mass is 16.4. The molecule has 0 aliphatic heterocycles. The van der Waals surface area contributed by atoms with Crippen molar-refractivity contribution in [3.63, 3.8) is 0 Å². The van der Waals surface area contributed by atoms with Gasteiger partial charge in [0.2, 0.25) is 0 Å². The Balaban J connectivity index is 2.32. The minimum absolute atomic E-state index is 0.167. The fourth-order valence-electron chi connectivity index (χ4n) is 1.64. The Bertz CT molecular complexity index is 665. The Morgan fingerprint density at radius 2 is 2.00 bits per heavy atom. The molecule has 2 heterocycles. The number of hydrogen-bond acceptors (Lipinski definition) is 4. The van der Waals surface area contributed by atoms with Crippen LogP contribution in [0.5, 0.6) is 0 Å². The first kappa shape index (κ1) is 14.7. The van der Waals surface area contributed by atoms with Crippen molar-refractivity contribution in [1.82, 2.24) is 19.7 Å². The van der Waals surface area contributed by atoms with Crippen molar-refractivity contribution in [1.29, 1.82) is 0 Å². The highest BCUT2D eigenvalue weighted by molar-refractivity contribution is 5.96. The zero-order valence-corrected chi connectivity index (χ0v) is 12.0. The molecule has 2 aromatic heterocycles. The summed E-state index contributed by atoms with van der Waals surface area (Å²) in [5.41, 5.74) is -1.15. The van der Waals surface area contributed by atoms with Crippen LogP contribution >= 0.6 is 0 Å². The van der Waals surface area contributed by atoms with Gasteiger partial charge in [0.1, 0.15) is 11.2 Å². The summed E-state index contributed by atoms with van der Waals surface area (Å²) in [6.07, 6.45) is 3.32. The minimum Gasteiger partial charge on any atom is -0.480 e. The van der Waals surface area contributed by atoms with Gasteiger partial charge in [0.25, 0.3) is 5.91 Å². The number of carbonyl (C=O) groups is 2. The lowest BCUT2D eigenvalue weighted by atomic mass is 10.0. The second-order valence-electron chi connectivity index (χ2n) is 5.06. The van der Waals surface area contributed by atoms with E-state index < -0.39 is 17.4 Å². The van der Waals surface area contributed by atoms with E-state index in [1.54, 1.807) is 36.7 Å². The van der Waals surface area contributed by atoms with E-state index in [2.05, 4.69) is 10.1 Å². The number of aliphatic carboxylic acids is 1. The minimum atomic E-state index is -1.32. The first-order valence-electron chi connectivity index (χ1n) is 6.32. The first-order valence-corrected chi connectivity index (χ1v) is 6.32. The summed E-state index contributed by atoms with van der Waals surface area (Å²) in [4.78, 5) is 29.0. The largest absolute Gasteiger partial charge is 0.480 e. The van der Waals surface area contributed by atoms with E-state index in [4.69, 9.17) is 0 Å². The number of pyridine rings is 1. The van der Waals surface area contributed by atoms with E-state index >= 15 is 0 Å². The molecule has 0 saturated carbocycles. The Labute approximate surface area is 121 Å². The molecule has 1 N–H and O–H groups in total. The third-order valence-corrected chi connectivity index (χ3v) is 3.36. The van der Waals surface area contributed by atoms with Gasteiger partial charge in [-0.1, -0.05) is 6.07 Å². The molecule has 0 fully saturated rings. The van der Waals surface area contributed by atoms with Gasteiger partial charge in [0.15, 0.2) is 5.82 Å². The predicted molar refractivity (Wildman–Crippen MR) is 75.2 cm³/mol. The van der Waals surface area contributed by atoms with Gasteiger partial charge in [-0.05, 0) is 32.0 Å². The van der Waals surface area contributed by atoms with Gasteiger partial charge in [-0.2, -0.15) is 5.10 Å². The molecule has 2 aromatic rings. The molecular formula is C14H16N4O3. The van der Waals surface area contributed by atoms with Crippen LogP contribution in [0.3, 0.4) is 0 Å². The molecule has 2 rings (SSSR count). The molecule has 0 aromatic carbocycles. The van der Waals surface area contributed by atoms with Crippen molar-refractivity contribution in [2.45, 2.75) is 19.4 Å². The van der Waals surface area contributed by atoms with Crippen LogP contribution in [0.2, 0.25) is 0 Å². The quantitative estimate of drug-likeness (QED) is 0.913. The molecule has 7 nitrogen and oxygen atoms in total. The van der Waals surface area contributed by atoms with Crippen molar-refractivity contribution in [2.24, 2.45) is 0 Å². The monoisotopic (exact) mass is 288 g/mol. The molecule has 21 heavy (non-hydrogen) atoms. The topological polar surface area (TPSA) is 88.3 Å². The molecule has 0 saturated heterocycles. The van der Waals surface area contributed by atoms with Crippen LogP contribution in [0.15, 0.2) is 36.7 Å². The van der Waals surface area contributed by atoms with E-state index in [9.17, 15) is 14.7 Å². The smallest absolute Gasteiger partial charge is 0.329 e. The zero-order valence-electron chi connectivity index (χ0n) is 12.0. The molecular weight excluding hydrogens is 272 g/mol. The second kappa shape index (κ2) is 5.35. The standard InChI is InChI=1S/C14H16N4O3/c1-14(2,13(20)21)17(3)12(19)10-6-4-7-11(16-10)18-9-5-8-15-18/h4-9H,1-3H3,(H,20,21). The van der Waals surface area contributed by atoms with Crippen LogP contribution in [0.1, 0.15) is 24.3 Å². The van der Waals surface area contributed by atoms with Gasteiger partial charge in [-0.25, -0.2) is 14.5 Å². The summed E-state index contributed by atoms with van der Waals surface area (Å²) in [5, 5.41) is 13.2. The van der Waals surface area contributed by atoms with Crippen molar-refractivity contribution < 1.29 is 14.7 Å². The summed E-state index contributed by atoms with van der Waals surface area (Å²) < 4.78 is 1.53. The second-order valence-corrected chi connectivity index (χ2v) is 5.06. The maximum Gasteiger partial charge on any atom is 0.329 e. The van der Waals surface area contributed by atoms with Crippen LogP contribution in [0.25, 0.3) is 5.82 Å². The third kappa shape index (κ3) is 2.76. The Kier molecular flexibility index (Phi) is 3.75. The first-order chi connectivity index (χ1) is 9.84. The summed E-state index contributed by atoms with van der Waals surface area (Å²) >= 11 is 0. The molecule has 0 bridgehead atoms. The number of aromatic nitrogens is 3. The number of carboxylic acids is 1. The van der Waals surface area contributed by atoms with Gasteiger partial charge < -0.3 is 10.0 Å². The number of nitrogens with zero attached hydrogens (tertiary/aromatic N) is 4. The lowest BCUT2D eigenvalue weighted by Gasteiger charge is -2.31. The Hall–Kier alpha value is -2.70. The van der Waals surface area contributed by atoms with Crippen LogP contribution < -0.4 is 0 Å². The van der Waals surface area contributed by atoms with Crippen LogP contribution in [0.4, 0.5) is 0 Å². The highest BCUT2D eigenvalue weighted by Gasteiger charge is 2.36. The number of rotatable bonds is 4. The third-order valence-electron chi connectivity index (χ3n) is 3.36. The van der Waals surface area contributed by atoms with E-state index in [1.165, 1.54) is 25.6 Å². The van der Waals surface area contributed by atoms with E-state index in [0.29, 0.717) is 5.82 Å². The molecule has 7 heteroatoms. The van der Waals surface area contributed by atoms with Crippen molar-refractivity contribution in [2.75, 3.05) is 7.05 Å². The zero-order chi connectivity index (χ0) is 15.6. The molecule has 1 amide bonds. The summed E-state index contributed by atoms with van der Waals surface area (Å²) in [5.74, 6) is -1.05. The number of hydrogen-bond donors (Lipinski definition) is 1. The molecule has 0 radical (unpaired) electrons. The molecule has 0 aliphatic carbocycles. The normalized spacial score (nSPS) is 11.2. The van der Waals surface area contributed by atoms with Gasteiger partial charge in [-0.15, -0.1) is 0 Å². The lowest BCUT2D eigenvalue weighted by molar-refractivity contribution is -0.147. The maximum atomic E-state index is 12.4. The summed E-state index contributed by atoms with van der Waals surface area (Å²) in [6, 6.07) is 6.69. The van der Waals surface area contributed by atoms with E-state index in [1.807, 2.05) is 0 Å². The SMILES string of the molecule is CN(C(=O)c1cccc(-n2cccn2)n1)C(C)(C)C(=O)O. The Morgan fingerprint density at radius 3 is 2.57 bits per heavy atom. The van der Waals surface area contributed by atoms with Crippen LogP contribution in [0, 0.1) is 0 Å². The average molecular weight is 288 g/mol. The van der Waals surface area contributed by atoms with E-state index in [-0.39, 0.29) is 5.69 Å². The van der Waals surface area contributed by atoms with Crippen molar-refractivity contribution in [3.8, 4) is 5.82 Å². The molecule has 0 aliphatic rings. The molecule has 0 spiro atoms. The average Bonchev–Trinajstić information content (AvgIpc) is 2.99. The number of amides is 1. The fraction of sp³-hybridized carbons (Fsp3) is 0.286. The summed E-state index contributed by atoms with van der Waals surface area (Å²) in [7, 11) is 1.44. The highest BCUT2D eigenvalue weighted by Crippen LogP contribution is 2.16. The number of carboxylic acid groups (broad SMARTS) is 1. The van der Waals surface area contributed by atoms with Crippen molar-refractivity contribution in [3.05, 3.63) is 42.4 Å². The van der Waals surface area contributed by atoms with Gasteiger partial charge in [0, 0.05) is 19.4 Å². The summed E-state index contributed by atoms with van der Waals surface area (Å²) in [6.45, 7) is 2.93. The van der Waals surface area contributed by atoms with Gasteiger partial charge in [0.05, 0.1) is 0 Å². The maximum absolute atomic E-state index is 12.4. The predicted octanol–water partition coefficient (Wildman–Crippen LogP) is 1.20. The lowest BCUT2D eigenvalue weighted by Crippen LogP contribution is -2.51. The van der Waals surface area contributed by atoms with Gasteiger partial charge in [-0.3, -0.25) is 4.79 Å². The van der Waals surface area contributed by atoms with Crippen LogP contribution in [-0.4, -0.2) is 49.2 Å². The number of likely N-dealkylation sites (N-methyl/N-ethyl adjacent to an activating group) is 1. The molecule has 110 valence electrons. The molecule has 0 unspecified atom stereocenters. The Morgan fingerprint density at radius 1 is 1.29 bits per heavy atom. The number of carbonyl (C=O) groups excluding carboxylic acids is 1. The molecule has 0 atom stereocenters. The van der Waals surface area contributed by atoms with Crippen molar-refractivity contribution >= 4 is 11.9 Å². The van der Waals surface area contributed by atoms with Gasteiger partial charge >= 0.3 is 5.97 Å².